The Kier molecular flexibility index (Phi) is 3.39. The molecule has 0 unspecified atom stereocenters. The van der Waals surface area contributed by atoms with Crippen molar-refractivity contribution in [3.05, 3.63) is 12.0 Å². The molecule has 0 amide bonds. The summed E-state index contributed by atoms with van der Waals surface area (Å²) in [4.78, 5) is 1.47. The van der Waals surface area contributed by atoms with E-state index in [0.29, 0.717) is 0 Å². The van der Waals surface area contributed by atoms with Crippen LogP contribution in [0.1, 0.15) is 0 Å². The van der Waals surface area contributed by atoms with E-state index in [9.17, 15) is 26.0 Å². The molecule has 1 aromatic heterocycles. The first-order valence-electron chi connectivity index (χ1n) is 3.67. The van der Waals surface area contributed by atoms with Crippen molar-refractivity contribution in [2.75, 3.05) is 5.73 Å². The summed E-state index contributed by atoms with van der Waals surface area (Å²) < 4.78 is 73.8. The van der Waals surface area contributed by atoms with Crippen molar-refractivity contribution >= 4 is 25.4 Å². The Hall–Kier alpha value is -1.29. The van der Waals surface area contributed by atoms with Gasteiger partial charge in [0.25, 0.3) is 9.05 Å². The third-order valence-electron chi connectivity index (χ3n) is 1.45. The van der Waals surface area contributed by atoms with Crippen molar-refractivity contribution in [3.63, 3.8) is 0 Å². The molecule has 0 spiro atoms. The van der Waals surface area contributed by atoms with Gasteiger partial charge in [0.15, 0.2) is 10.7 Å². The monoisotopic (exact) mass is 294 g/mol. The van der Waals surface area contributed by atoms with Gasteiger partial charge in [0.1, 0.15) is 0 Å². The van der Waals surface area contributed by atoms with Crippen LogP contribution >= 0.6 is 10.7 Å². The van der Waals surface area contributed by atoms with Crippen molar-refractivity contribution < 1.29 is 30.7 Å². The second kappa shape index (κ2) is 4.18. The Morgan fingerprint density at radius 1 is 1.41 bits per heavy atom. The third kappa shape index (κ3) is 3.33. The second-order valence-corrected chi connectivity index (χ2v) is 5.14. The lowest BCUT2D eigenvalue weighted by Gasteiger charge is -2.11. The van der Waals surface area contributed by atoms with Crippen LogP contribution in [0.2, 0.25) is 0 Å². The summed E-state index contributed by atoms with van der Waals surface area (Å²) in [6, 6.07) is 0. The van der Waals surface area contributed by atoms with Crippen molar-refractivity contribution in [3.8, 4) is 5.88 Å². The number of rotatable bonds is 2. The van der Waals surface area contributed by atoms with Crippen LogP contribution in [0.4, 0.5) is 23.2 Å². The van der Waals surface area contributed by atoms with Crippen LogP contribution in [0.15, 0.2) is 11.1 Å². The largest absolute Gasteiger partial charge is 0.574 e. The van der Waals surface area contributed by atoms with Crippen LogP contribution in [-0.4, -0.2) is 19.8 Å². The molecule has 0 saturated heterocycles. The fourth-order valence-electron chi connectivity index (χ4n) is 0.885. The highest BCUT2D eigenvalue weighted by Crippen LogP contribution is 2.34. The summed E-state index contributed by atoms with van der Waals surface area (Å²) in [5, 5.41) is 0. The van der Waals surface area contributed by atoms with Gasteiger partial charge in [-0.3, -0.25) is 0 Å². The molecule has 0 saturated carbocycles. The highest BCUT2D eigenvalue weighted by molar-refractivity contribution is 8.14. The fourth-order valence-corrected chi connectivity index (χ4v) is 2.00. The van der Waals surface area contributed by atoms with E-state index in [1.807, 2.05) is 0 Å². The quantitative estimate of drug-likeness (QED) is 0.662. The van der Waals surface area contributed by atoms with E-state index in [4.69, 9.17) is 16.4 Å². The van der Waals surface area contributed by atoms with Gasteiger partial charge in [0, 0.05) is 10.7 Å². The molecule has 1 heterocycles. The molecule has 0 aliphatic rings. The van der Waals surface area contributed by atoms with Gasteiger partial charge in [-0.15, -0.1) is 13.2 Å². The molecule has 1 aromatic rings. The van der Waals surface area contributed by atoms with Gasteiger partial charge >= 0.3 is 6.36 Å². The maximum absolute atomic E-state index is 12.9. The molecule has 1 rings (SSSR count). The minimum absolute atomic E-state index is 0.280. The lowest BCUT2D eigenvalue weighted by Crippen LogP contribution is -2.20. The predicted molar refractivity (Wildman–Crippen MR) is 48.3 cm³/mol. The highest BCUT2D eigenvalue weighted by Gasteiger charge is 2.36. The Balaban J connectivity index is 3.47. The van der Waals surface area contributed by atoms with Gasteiger partial charge in [0.2, 0.25) is 5.88 Å². The Morgan fingerprint density at radius 3 is 2.35 bits per heavy atom. The van der Waals surface area contributed by atoms with Crippen molar-refractivity contribution in [2.45, 2.75) is 11.3 Å². The van der Waals surface area contributed by atoms with Crippen LogP contribution in [0, 0.1) is 5.82 Å². The lowest BCUT2D eigenvalue weighted by molar-refractivity contribution is -0.277. The van der Waals surface area contributed by atoms with Crippen LogP contribution in [0.5, 0.6) is 5.88 Å². The topological polar surface area (TPSA) is 82.3 Å². The number of nitrogens with zero attached hydrogens (tertiary/aromatic N) is 1. The van der Waals surface area contributed by atoms with E-state index >= 15 is 0 Å². The van der Waals surface area contributed by atoms with E-state index in [-0.39, 0.29) is 6.20 Å². The molecular formula is C6H3ClF4N2O3S. The molecule has 0 aliphatic heterocycles. The first-order valence-corrected chi connectivity index (χ1v) is 5.97. The summed E-state index contributed by atoms with van der Waals surface area (Å²) in [5.41, 5.74) is 3.86. The summed E-state index contributed by atoms with van der Waals surface area (Å²) in [5.74, 6) is -2.77. The van der Waals surface area contributed by atoms with Gasteiger partial charge < -0.3 is 10.5 Å². The standard InChI is InChI=1S/C6H3ClF4N2O3S/c7-17(14,15)4-3(12)2(8)1-13-5(4)16-6(9,10)11/h1H,(H2,12,13). The number of hydrogen-bond acceptors (Lipinski definition) is 5. The summed E-state index contributed by atoms with van der Waals surface area (Å²) >= 11 is 0. The molecule has 0 aliphatic carbocycles. The fraction of sp³-hybridized carbons (Fsp3) is 0.167. The summed E-state index contributed by atoms with van der Waals surface area (Å²) in [6.45, 7) is 0. The molecule has 0 aromatic carbocycles. The first-order chi connectivity index (χ1) is 7.52. The highest BCUT2D eigenvalue weighted by atomic mass is 35.7. The molecule has 0 bridgehead atoms. The number of nitrogens with two attached hydrogens (primary N) is 1. The van der Waals surface area contributed by atoms with Gasteiger partial charge in [-0.2, -0.15) is 0 Å². The molecule has 11 heteroatoms. The molecule has 0 fully saturated rings. The zero-order valence-corrected chi connectivity index (χ0v) is 9.20. The average Bonchev–Trinajstić information content (AvgIpc) is 2.06. The number of nitrogen functional groups attached to an aromatic ring is 1. The zero-order valence-electron chi connectivity index (χ0n) is 7.62. The third-order valence-corrected chi connectivity index (χ3v) is 2.79. The van der Waals surface area contributed by atoms with E-state index in [0.717, 1.165) is 0 Å². The van der Waals surface area contributed by atoms with Gasteiger partial charge in [-0.05, 0) is 0 Å². The maximum Gasteiger partial charge on any atom is 0.574 e. The van der Waals surface area contributed by atoms with Crippen molar-refractivity contribution in [2.24, 2.45) is 0 Å². The smallest absolute Gasteiger partial charge is 0.395 e. The van der Waals surface area contributed by atoms with Crippen molar-refractivity contribution in [1.29, 1.82) is 0 Å². The molecule has 17 heavy (non-hydrogen) atoms. The van der Waals surface area contributed by atoms with Gasteiger partial charge in [-0.1, -0.05) is 0 Å². The molecule has 2 N–H and O–H groups in total. The zero-order chi connectivity index (χ0) is 13.4. The molecular weight excluding hydrogens is 292 g/mol. The number of aromatic nitrogens is 1. The van der Waals surface area contributed by atoms with E-state index in [2.05, 4.69) is 9.72 Å². The maximum atomic E-state index is 12.9. The minimum atomic E-state index is -5.21. The number of alkyl halides is 3. The summed E-state index contributed by atoms with van der Waals surface area (Å²) in [6.07, 6.45) is -4.93. The Bertz CT molecular complexity index is 545. The van der Waals surface area contributed by atoms with Crippen molar-refractivity contribution in [1.82, 2.24) is 4.98 Å². The number of hydrogen-bond donors (Lipinski definition) is 1. The van der Waals surface area contributed by atoms with Crippen LogP contribution < -0.4 is 10.5 Å². The van der Waals surface area contributed by atoms with E-state index in [1.54, 1.807) is 0 Å². The van der Waals surface area contributed by atoms with Crippen LogP contribution in [0.25, 0.3) is 0 Å². The van der Waals surface area contributed by atoms with Crippen LogP contribution in [-0.2, 0) is 9.05 Å². The van der Waals surface area contributed by atoms with E-state index < -0.39 is 37.7 Å². The number of anilines is 1. The normalized spacial score (nSPS) is 12.5. The first kappa shape index (κ1) is 13.8. The lowest BCUT2D eigenvalue weighted by atomic mass is 10.4. The molecule has 0 atom stereocenters. The van der Waals surface area contributed by atoms with E-state index in [1.165, 1.54) is 0 Å². The van der Waals surface area contributed by atoms with Gasteiger partial charge in [0.05, 0.1) is 11.9 Å². The minimum Gasteiger partial charge on any atom is -0.395 e. The van der Waals surface area contributed by atoms with Gasteiger partial charge in [-0.25, -0.2) is 17.8 Å². The number of pyridine rings is 1. The van der Waals surface area contributed by atoms with Crippen LogP contribution in [0.3, 0.4) is 0 Å². The number of halogens is 5. The average molecular weight is 295 g/mol. The second-order valence-electron chi connectivity index (χ2n) is 2.64. The number of ether oxygens (including phenoxy) is 1. The summed E-state index contributed by atoms with van der Waals surface area (Å²) in [7, 11) is 0.0687. The predicted octanol–water partition coefficient (Wildman–Crippen LogP) is 1.63. The Labute approximate surface area is 96.6 Å². The molecule has 96 valence electrons. The molecule has 5 nitrogen and oxygen atoms in total. The SMILES string of the molecule is Nc1c(F)cnc(OC(F)(F)F)c1S(=O)(=O)Cl. The Morgan fingerprint density at radius 2 is 1.94 bits per heavy atom. The molecule has 0 radical (unpaired) electrons.